The van der Waals surface area contributed by atoms with E-state index in [1.54, 1.807) is 4.90 Å². The van der Waals surface area contributed by atoms with E-state index >= 15 is 0 Å². The molecule has 1 aliphatic rings. The first-order valence-corrected chi connectivity index (χ1v) is 7.16. The molecule has 1 aliphatic carbocycles. The molecule has 3 nitrogen and oxygen atoms in total. The molecule has 0 aliphatic heterocycles. The third-order valence-corrected chi connectivity index (χ3v) is 4.25. The van der Waals surface area contributed by atoms with Gasteiger partial charge in [-0.05, 0) is 62.8 Å². The zero-order valence-electron chi connectivity index (χ0n) is 11.9. The van der Waals surface area contributed by atoms with Crippen LogP contribution >= 0.6 is 0 Å². The maximum atomic E-state index is 12.5. The average Bonchev–Trinajstić information content (AvgIpc) is 2.46. The van der Waals surface area contributed by atoms with Crippen molar-refractivity contribution in [2.75, 3.05) is 18.5 Å². The summed E-state index contributed by atoms with van der Waals surface area (Å²) >= 11 is 0. The van der Waals surface area contributed by atoms with Gasteiger partial charge in [-0.2, -0.15) is 0 Å². The van der Waals surface area contributed by atoms with Gasteiger partial charge in [0.05, 0.1) is 0 Å². The lowest BCUT2D eigenvalue weighted by atomic mass is 9.81. The zero-order chi connectivity index (χ0) is 13.8. The Balaban J connectivity index is 2.00. The van der Waals surface area contributed by atoms with Crippen molar-refractivity contribution in [2.45, 2.75) is 32.6 Å². The number of carbonyl (C=O) groups excluding carboxylic acids is 1. The first-order chi connectivity index (χ1) is 9.11. The van der Waals surface area contributed by atoms with Gasteiger partial charge in [0.1, 0.15) is 0 Å². The van der Waals surface area contributed by atoms with Gasteiger partial charge in [-0.25, -0.2) is 0 Å². The van der Waals surface area contributed by atoms with Crippen LogP contribution in [0.2, 0.25) is 0 Å². The third-order valence-electron chi connectivity index (χ3n) is 4.25. The molecule has 0 heterocycles. The van der Waals surface area contributed by atoms with Crippen LogP contribution in [-0.2, 0) is 4.79 Å². The standard InChI is InChI=1S/C16H24N2O/c1-12-4-3-5-15(10-12)18(2)16(19)14-8-6-13(11-17)7-9-14/h3-5,10,13-14H,6-9,11,17H2,1-2H3. The largest absolute Gasteiger partial charge is 0.330 e. The van der Waals surface area contributed by atoms with Crippen LogP contribution in [0.1, 0.15) is 31.2 Å². The summed E-state index contributed by atoms with van der Waals surface area (Å²) in [5.74, 6) is 1.04. The van der Waals surface area contributed by atoms with Gasteiger partial charge in [0, 0.05) is 18.7 Å². The fourth-order valence-corrected chi connectivity index (χ4v) is 2.88. The first-order valence-electron chi connectivity index (χ1n) is 7.16. The lowest BCUT2D eigenvalue weighted by molar-refractivity contribution is -0.123. The molecule has 1 fully saturated rings. The van der Waals surface area contributed by atoms with E-state index in [-0.39, 0.29) is 11.8 Å². The molecule has 1 amide bonds. The second-order valence-corrected chi connectivity index (χ2v) is 5.69. The lowest BCUT2D eigenvalue weighted by Crippen LogP contribution is -2.35. The molecule has 0 aromatic heterocycles. The fourth-order valence-electron chi connectivity index (χ4n) is 2.88. The lowest BCUT2D eigenvalue weighted by Gasteiger charge is -2.30. The SMILES string of the molecule is Cc1cccc(N(C)C(=O)C2CCC(CN)CC2)c1. The number of rotatable bonds is 3. The Morgan fingerprint density at radius 2 is 2.00 bits per heavy atom. The van der Waals surface area contributed by atoms with Crippen molar-refractivity contribution >= 4 is 11.6 Å². The molecule has 19 heavy (non-hydrogen) atoms. The summed E-state index contributed by atoms with van der Waals surface area (Å²) in [5, 5.41) is 0. The summed E-state index contributed by atoms with van der Waals surface area (Å²) in [5.41, 5.74) is 7.87. The summed E-state index contributed by atoms with van der Waals surface area (Å²) in [6.07, 6.45) is 4.15. The molecule has 0 spiro atoms. The molecule has 2 N–H and O–H groups in total. The number of nitrogens with zero attached hydrogens (tertiary/aromatic N) is 1. The molecule has 0 radical (unpaired) electrons. The number of aryl methyl sites for hydroxylation is 1. The van der Waals surface area contributed by atoms with Crippen molar-refractivity contribution in [1.82, 2.24) is 0 Å². The average molecular weight is 260 g/mol. The number of benzene rings is 1. The van der Waals surface area contributed by atoms with Gasteiger partial charge in [0.2, 0.25) is 5.91 Å². The second-order valence-electron chi connectivity index (χ2n) is 5.69. The van der Waals surface area contributed by atoms with E-state index in [1.807, 2.05) is 32.2 Å². The maximum absolute atomic E-state index is 12.5. The molecule has 3 heteroatoms. The van der Waals surface area contributed by atoms with Crippen LogP contribution in [-0.4, -0.2) is 19.5 Å². The molecule has 104 valence electrons. The van der Waals surface area contributed by atoms with Crippen molar-refractivity contribution in [1.29, 1.82) is 0 Å². The van der Waals surface area contributed by atoms with E-state index in [0.717, 1.165) is 37.9 Å². The van der Waals surface area contributed by atoms with Crippen LogP contribution in [0.25, 0.3) is 0 Å². The number of carbonyl (C=O) groups is 1. The topological polar surface area (TPSA) is 46.3 Å². The molecule has 1 aromatic rings. The van der Waals surface area contributed by atoms with Gasteiger partial charge in [0.25, 0.3) is 0 Å². The van der Waals surface area contributed by atoms with Crippen molar-refractivity contribution in [3.8, 4) is 0 Å². The highest BCUT2D eigenvalue weighted by Crippen LogP contribution is 2.30. The number of amides is 1. The minimum absolute atomic E-state index is 0.174. The normalized spacial score (nSPS) is 23.1. The number of hydrogen-bond donors (Lipinski definition) is 1. The number of hydrogen-bond acceptors (Lipinski definition) is 2. The van der Waals surface area contributed by atoms with Crippen molar-refractivity contribution in [3.63, 3.8) is 0 Å². The monoisotopic (exact) mass is 260 g/mol. The van der Waals surface area contributed by atoms with Crippen molar-refractivity contribution in [2.24, 2.45) is 17.6 Å². The quantitative estimate of drug-likeness (QED) is 0.908. The predicted molar refractivity (Wildman–Crippen MR) is 79.1 cm³/mol. The minimum Gasteiger partial charge on any atom is -0.330 e. The molecular weight excluding hydrogens is 236 g/mol. The molecule has 0 saturated heterocycles. The molecular formula is C16H24N2O. The predicted octanol–water partition coefficient (Wildman–Crippen LogP) is 2.72. The van der Waals surface area contributed by atoms with Crippen molar-refractivity contribution in [3.05, 3.63) is 29.8 Å². The van der Waals surface area contributed by atoms with Crippen LogP contribution in [0.15, 0.2) is 24.3 Å². The Hall–Kier alpha value is -1.35. The fraction of sp³-hybridized carbons (Fsp3) is 0.562. The Bertz CT molecular complexity index is 436. The van der Waals surface area contributed by atoms with Gasteiger partial charge < -0.3 is 10.6 Å². The van der Waals surface area contributed by atoms with Gasteiger partial charge in [-0.15, -0.1) is 0 Å². The highest BCUT2D eigenvalue weighted by molar-refractivity contribution is 5.94. The first kappa shape index (κ1) is 14.1. The van der Waals surface area contributed by atoms with E-state index in [4.69, 9.17) is 5.73 Å². The summed E-state index contributed by atoms with van der Waals surface area (Å²) < 4.78 is 0. The van der Waals surface area contributed by atoms with Crippen LogP contribution in [0.3, 0.4) is 0 Å². The van der Waals surface area contributed by atoms with Crippen LogP contribution < -0.4 is 10.6 Å². The summed E-state index contributed by atoms with van der Waals surface area (Å²) in [7, 11) is 1.88. The van der Waals surface area contributed by atoms with E-state index in [1.165, 1.54) is 5.56 Å². The van der Waals surface area contributed by atoms with Crippen molar-refractivity contribution < 1.29 is 4.79 Å². The Labute approximate surface area is 115 Å². The summed E-state index contributed by atoms with van der Waals surface area (Å²) in [4.78, 5) is 14.3. The van der Waals surface area contributed by atoms with E-state index in [0.29, 0.717) is 5.92 Å². The molecule has 1 saturated carbocycles. The molecule has 1 aromatic carbocycles. The summed E-state index contributed by atoms with van der Waals surface area (Å²) in [6, 6.07) is 8.11. The van der Waals surface area contributed by atoms with E-state index < -0.39 is 0 Å². The van der Waals surface area contributed by atoms with E-state index in [2.05, 4.69) is 6.07 Å². The highest BCUT2D eigenvalue weighted by Gasteiger charge is 2.28. The van der Waals surface area contributed by atoms with Crippen LogP contribution in [0.5, 0.6) is 0 Å². The smallest absolute Gasteiger partial charge is 0.229 e. The van der Waals surface area contributed by atoms with E-state index in [9.17, 15) is 4.79 Å². The molecule has 0 bridgehead atoms. The van der Waals surface area contributed by atoms with Gasteiger partial charge >= 0.3 is 0 Å². The number of nitrogens with two attached hydrogens (primary N) is 1. The van der Waals surface area contributed by atoms with Gasteiger partial charge in [-0.1, -0.05) is 12.1 Å². The Morgan fingerprint density at radius 3 is 2.58 bits per heavy atom. The summed E-state index contributed by atoms with van der Waals surface area (Å²) in [6.45, 7) is 2.81. The molecule has 0 unspecified atom stereocenters. The minimum atomic E-state index is 0.174. The zero-order valence-corrected chi connectivity index (χ0v) is 11.9. The molecule has 2 rings (SSSR count). The molecule has 0 atom stereocenters. The van der Waals surface area contributed by atoms with Gasteiger partial charge in [-0.3, -0.25) is 4.79 Å². The number of anilines is 1. The second kappa shape index (κ2) is 6.20. The highest BCUT2D eigenvalue weighted by atomic mass is 16.2. The van der Waals surface area contributed by atoms with Crippen LogP contribution in [0, 0.1) is 18.8 Å². The van der Waals surface area contributed by atoms with Crippen LogP contribution in [0.4, 0.5) is 5.69 Å². The third kappa shape index (κ3) is 3.35. The maximum Gasteiger partial charge on any atom is 0.229 e. The van der Waals surface area contributed by atoms with Gasteiger partial charge in [0.15, 0.2) is 0 Å². The Kier molecular flexibility index (Phi) is 4.59. The Morgan fingerprint density at radius 1 is 1.32 bits per heavy atom.